The fraction of sp³-hybridized carbons (Fsp3) is 0.769. The van der Waals surface area contributed by atoms with E-state index >= 15 is 0 Å². The minimum Gasteiger partial charge on any atom is -0.198 e. The zero-order chi connectivity index (χ0) is 9.97. The second-order valence-corrected chi connectivity index (χ2v) is 4.88. The Bertz CT molecular complexity index is 261. The molecule has 2 aliphatic rings. The molecule has 2 bridgehead atoms. The van der Waals surface area contributed by atoms with Gasteiger partial charge in [-0.2, -0.15) is 5.26 Å². The third-order valence-corrected chi connectivity index (χ3v) is 4.13. The average Bonchev–Trinajstić information content (AvgIpc) is 2.75. The van der Waals surface area contributed by atoms with Gasteiger partial charge in [0, 0.05) is 6.42 Å². The van der Waals surface area contributed by atoms with Gasteiger partial charge in [-0.05, 0) is 42.9 Å². The molecule has 1 saturated carbocycles. The van der Waals surface area contributed by atoms with Crippen LogP contribution in [0.5, 0.6) is 0 Å². The number of hydrogen-bond donors (Lipinski definition) is 0. The summed E-state index contributed by atoms with van der Waals surface area (Å²) in [5.41, 5.74) is 0. The standard InChI is InChI=1S/C13H19N/c1-10-11-6-7-12(9-11)13(10)5-3-2-4-8-14/h6-7,10-13H,2-5,9H2,1H3. The average molecular weight is 189 g/mol. The summed E-state index contributed by atoms with van der Waals surface area (Å²) in [7, 11) is 0. The Hall–Kier alpha value is -0.770. The second kappa shape index (κ2) is 4.17. The highest BCUT2D eigenvalue weighted by atomic mass is 14.5. The predicted molar refractivity (Wildman–Crippen MR) is 57.5 cm³/mol. The van der Waals surface area contributed by atoms with Crippen LogP contribution in [0, 0.1) is 35.0 Å². The van der Waals surface area contributed by atoms with Crippen molar-refractivity contribution in [2.45, 2.75) is 39.0 Å². The van der Waals surface area contributed by atoms with E-state index in [2.05, 4.69) is 25.1 Å². The first-order chi connectivity index (χ1) is 6.83. The molecule has 0 aromatic carbocycles. The quantitative estimate of drug-likeness (QED) is 0.490. The van der Waals surface area contributed by atoms with E-state index in [9.17, 15) is 0 Å². The van der Waals surface area contributed by atoms with Crippen molar-refractivity contribution >= 4 is 0 Å². The summed E-state index contributed by atoms with van der Waals surface area (Å²) in [4.78, 5) is 0. The Balaban J connectivity index is 1.77. The van der Waals surface area contributed by atoms with Crippen LogP contribution >= 0.6 is 0 Å². The molecule has 0 aromatic rings. The zero-order valence-corrected chi connectivity index (χ0v) is 8.95. The lowest BCUT2D eigenvalue weighted by atomic mass is 9.81. The highest BCUT2D eigenvalue weighted by molar-refractivity contribution is 5.12. The van der Waals surface area contributed by atoms with Crippen LogP contribution in [-0.4, -0.2) is 0 Å². The monoisotopic (exact) mass is 189 g/mol. The predicted octanol–water partition coefficient (Wildman–Crippen LogP) is 3.53. The van der Waals surface area contributed by atoms with E-state index in [4.69, 9.17) is 5.26 Å². The summed E-state index contributed by atoms with van der Waals surface area (Å²) < 4.78 is 0. The van der Waals surface area contributed by atoms with Gasteiger partial charge in [0.2, 0.25) is 0 Å². The molecule has 76 valence electrons. The summed E-state index contributed by atoms with van der Waals surface area (Å²) in [5, 5.41) is 8.45. The summed E-state index contributed by atoms with van der Waals surface area (Å²) in [6.45, 7) is 2.41. The van der Waals surface area contributed by atoms with Crippen LogP contribution in [0.4, 0.5) is 0 Å². The molecule has 0 radical (unpaired) electrons. The van der Waals surface area contributed by atoms with Crippen molar-refractivity contribution in [2.75, 3.05) is 0 Å². The maximum absolute atomic E-state index is 8.45. The Morgan fingerprint density at radius 3 is 2.71 bits per heavy atom. The summed E-state index contributed by atoms with van der Waals surface area (Å²) >= 11 is 0. The van der Waals surface area contributed by atoms with Gasteiger partial charge in [-0.25, -0.2) is 0 Å². The Labute approximate surface area is 86.8 Å². The molecular weight excluding hydrogens is 170 g/mol. The normalized spacial score (nSPS) is 38.9. The van der Waals surface area contributed by atoms with E-state index in [0.29, 0.717) is 0 Å². The van der Waals surface area contributed by atoms with Crippen LogP contribution in [0.1, 0.15) is 39.0 Å². The maximum atomic E-state index is 8.45. The van der Waals surface area contributed by atoms with E-state index in [1.165, 1.54) is 19.3 Å². The summed E-state index contributed by atoms with van der Waals surface area (Å²) in [5.74, 6) is 3.56. The lowest BCUT2D eigenvalue weighted by molar-refractivity contribution is 0.305. The molecule has 0 N–H and O–H groups in total. The van der Waals surface area contributed by atoms with Gasteiger partial charge in [0.15, 0.2) is 0 Å². The Morgan fingerprint density at radius 1 is 1.29 bits per heavy atom. The topological polar surface area (TPSA) is 23.8 Å². The fourth-order valence-corrected chi connectivity index (χ4v) is 3.23. The molecule has 1 nitrogen and oxygen atoms in total. The Morgan fingerprint density at radius 2 is 2.07 bits per heavy atom. The molecule has 1 fully saturated rings. The largest absolute Gasteiger partial charge is 0.198 e. The molecule has 0 aliphatic heterocycles. The van der Waals surface area contributed by atoms with Gasteiger partial charge >= 0.3 is 0 Å². The summed E-state index contributed by atoms with van der Waals surface area (Å²) in [6.07, 6.45) is 10.7. The number of unbranched alkanes of at least 4 members (excludes halogenated alkanes) is 2. The maximum Gasteiger partial charge on any atom is 0.0621 e. The number of rotatable bonds is 4. The van der Waals surface area contributed by atoms with Crippen molar-refractivity contribution in [1.82, 2.24) is 0 Å². The molecule has 0 amide bonds. The molecule has 4 unspecified atom stereocenters. The molecule has 14 heavy (non-hydrogen) atoms. The number of allylic oxidation sites excluding steroid dienone is 2. The highest BCUT2D eigenvalue weighted by Gasteiger charge is 2.40. The van der Waals surface area contributed by atoms with Gasteiger partial charge in [0.25, 0.3) is 0 Å². The number of nitrogens with zero attached hydrogens (tertiary/aromatic N) is 1. The van der Waals surface area contributed by atoms with E-state index in [0.717, 1.165) is 36.5 Å². The Kier molecular flexibility index (Phi) is 2.91. The molecule has 0 aromatic heterocycles. The van der Waals surface area contributed by atoms with Crippen LogP contribution in [0.15, 0.2) is 12.2 Å². The van der Waals surface area contributed by atoms with Crippen molar-refractivity contribution < 1.29 is 0 Å². The van der Waals surface area contributed by atoms with Crippen molar-refractivity contribution in [1.29, 1.82) is 5.26 Å². The SMILES string of the molecule is CC1C2C=CC(C2)C1CCCCC#N. The molecule has 2 aliphatic carbocycles. The minimum atomic E-state index is 0.741. The summed E-state index contributed by atoms with van der Waals surface area (Å²) in [6, 6.07) is 2.22. The molecule has 4 atom stereocenters. The van der Waals surface area contributed by atoms with Crippen molar-refractivity contribution in [2.24, 2.45) is 23.7 Å². The van der Waals surface area contributed by atoms with Crippen molar-refractivity contribution in [3.05, 3.63) is 12.2 Å². The van der Waals surface area contributed by atoms with Crippen LogP contribution in [0.25, 0.3) is 0 Å². The molecule has 0 heterocycles. The van der Waals surface area contributed by atoms with Gasteiger partial charge in [0.1, 0.15) is 0 Å². The van der Waals surface area contributed by atoms with E-state index in [1.54, 1.807) is 0 Å². The van der Waals surface area contributed by atoms with Gasteiger partial charge in [-0.3, -0.25) is 0 Å². The van der Waals surface area contributed by atoms with E-state index < -0.39 is 0 Å². The number of nitriles is 1. The lowest BCUT2D eigenvalue weighted by Gasteiger charge is -2.24. The third kappa shape index (κ3) is 1.71. The van der Waals surface area contributed by atoms with Gasteiger partial charge < -0.3 is 0 Å². The number of hydrogen-bond acceptors (Lipinski definition) is 1. The van der Waals surface area contributed by atoms with Crippen LogP contribution in [0.3, 0.4) is 0 Å². The first-order valence-corrected chi connectivity index (χ1v) is 5.88. The first-order valence-electron chi connectivity index (χ1n) is 5.88. The van der Waals surface area contributed by atoms with Crippen molar-refractivity contribution in [3.8, 4) is 6.07 Å². The molecule has 0 spiro atoms. The smallest absolute Gasteiger partial charge is 0.0621 e. The number of fused-ring (bicyclic) bond motifs is 2. The molecule has 0 saturated heterocycles. The minimum absolute atomic E-state index is 0.741. The molecule has 1 heteroatoms. The van der Waals surface area contributed by atoms with Gasteiger partial charge in [-0.15, -0.1) is 0 Å². The van der Waals surface area contributed by atoms with E-state index in [-0.39, 0.29) is 0 Å². The van der Waals surface area contributed by atoms with Gasteiger partial charge in [0.05, 0.1) is 6.07 Å². The molecular formula is C13H19N. The highest BCUT2D eigenvalue weighted by Crippen LogP contribution is 2.49. The first kappa shape index (κ1) is 9.77. The zero-order valence-electron chi connectivity index (χ0n) is 8.95. The van der Waals surface area contributed by atoms with Crippen molar-refractivity contribution in [3.63, 3.8) is 0 Å². The molecule has 2 rings (SSSR count). The van der Waals surface area contributed by atoms with Crippen LogP contribution in [-0.2, 0) is 0 Å². The van der Waals surface area contributed by atoms with Crippen LogP contribution in [0.2, 0.25) is 0 Å². The second-order valence-electron chi connectivity index (χ2n) is 4.88. The van der Waals surface area contributed by atoms with Crippen LogP contribution < -0.4 is 0 Å². The van der Waals surface area contributed by atoms with E-state index in [1.807, 2.05) is 0 Å². The van der Waals surface area contributed by atoms with Gasteiger partial charge in [-0.1, -0.05) is 25.5 Å². The fourth-order valence-electron chi connectivity index (χ4n) is 3.23. The third-order valence-electron chi connectivity index (χ3n) is 4.13. The lowest BCUT2D eigenvalue weighted by Crippen LogP contribution is -2.16.